The number of aromatic nitrogens is 1. The summed E-state index contributed by atoms with van der Waals surface area (Å²) in [5, 5.41) is 14.4. The molecule has 2 amide bonds. The van der Waals surface area contributed by atoms with Crippen molar-refractivity contribution in [2.75, 3.05) is 44.2 Å². The monoisotopic (exact) mass is 478 g/mol. The van der Waals surface area contributed by atoms with E-state index in [-0.39, 0.29) is 29.5 Å². The molecule has 184 valence electrons. The number of pyridine rings is 1. The van der Waals surface area contributed by atoms with Crippen LogP contribution in [0.15, 0.2) is 42.7 Å². The maximum Gasteiger partial charge on any atom is 0.269 e. The Balaban J connectivity index is 1.36. The summed E-state index contributed by atoms with van der Waals surface area (Å²) < 4.78 is 0. The molecular weight excluding hydrogens is 448 g/mol. The number of likely N-dealkylation sites (tertiary alicyclic amines) is 1. The summed E-state index contributed by atoms with van der Waals surface area (Å²) in [6, 6.07) is 8.55. The van der Waals surface area contributed by atoms with E-state index in [9.17, 15) is 19.7 Å². The maximum absolute atomic E-state index is 13.4. The van der Waals surface area contributed by atoms with Crippen molar-refractivity contribution in [1.29, 1.82) is 0 Å². The van der Waals surface area contributed by atoms with E-state index < -0.39 is 4.92 Å². The standard InChI is InChI=1S/C25H30N6O4/c32-24(29-8-1-2-9-29)17-28-10-11-30-22-6-5-20(31(34)35)12-19(22)13-21(23(30)16-28)25(33)27-15-18-4-3-7-26-14-18/h3-7,12,14,21,23H,1-2,8-11,13,15-17H2,(H,27,33)/t21-,23+/m0/s1. The van der Waals surface area contributed by atoms with Gasteiger partial charge in [0.15, 0.2) is 0 Å². The molecule has 10 heteroatoms. The molecule has 0 saturated carbocycles. The van der Waals surface area contributed by atoms with E-state index in [4.69, 9.17) is 0 Å². The molecule has 0 radical (unpaired) electrons. The topological polar surface area (TPSA) is 112 Å². The number of non-ortho nitro benzene ring substituents is 1. The number of carbonyl (C=O) groups is 2. The molecule has 4 heterocycles. The summed E-state index contributed by atoms with van der Waals surface area (Å²) in [6.45, 7) is 4.35. The number of nitrogens with one attached hydrogen (secondary N) is 1. The van der Waals surface area contributed by atoms with E-state index in [1.165, 1.54) is 6.07 Å². The molecule has 10 nitrogen and oxygen atoms in total. The van der Waals surface area contributed by atoms with Gasteiger partial charge in [0.1, 0.15) is 0 Å². The number of carbonyl (C=O) groups excluding carboxylic acids is 2. The highest BCUT2D eigenvalue weighted by atomic mass is 16.6. The molecule has 0 aliphatic carbocycles. The highest BCUT2D eigenvalue weighted by Gasteiger charge is 2.42. The molecule has 0 unspecified atom stereocenters. The van der Waals surface area contributed by atoms with Gasteiger partial charge in [-0.3, -0.25) is 29.6 Å². The van der Waals surface area contributed by atoms with Gasteiger partial charge in [0.05, 0.1) is 23.4 Å². The highest BCUT2D eigenvalue weighted by Crippen LogP contribution is 2.38. The molecule has 2 fully saturated rings. The third-order valence-electron chi connectivity index (χ3n) is 7.33. The second-order valence-electron chi connectivity index (χ2n) is 9.54. The van der Waals surface area contributed by atoms with Crippen LogP contribution in [-0.2, 0) is 22.6 Å². The fraction of sp³-hybridized carbons (Fsp3) is 0.480. The summed E-state index contributed by atoms with van der Waals surface area (Å²) in [4.78, 5) is 47.5. The first-order valence-corrected chi connectivity index (χ1v) is 12.2. The number of rotatable bonds is 6. The molecular formula is C25H30N6O4. The molecule has 5 rings (SSSR count). The van der Waals surface area contributed by atoms with E-state index in [0.29, 0.717) is 39.1 Å². The molecule has 1 N–H and O–H groups in total. The van der Waals surface area contributed by atoms with Crippen LogP contribution in [0.3, 0.4) is 0 Å². The average Bonchev–Trinajstić information content (AvgIpc) is 3.42. The number of benzene rings is 1. The molecule has 1 aromatic carbocycles. The Kier molecular flexibility index (Phi) is 6.63. The normalized spacial score (nSPS) is 21.8. The van der Waals surface area contributed by atoms with Crippen molar-refractivity contribution in [3.63, 3.8) is 0 Å². The average molecular weight is 479 g/mol. The minimum Gasteiger partial charge on any atom is -0.365 e. The van der Waals surface area contributed by atoms with Crippen molar-refractivity contribution in [2.45, 2.75) is 31.8 Å². The fourth-order valence-electron chi connectivity index (χ4n) is 5.51. The van der Waals surface area contributed by atoms with Crippen LogP contribution >= 0.6 is 0 Å². The van der Waals surface area contributed by atoms with E-state index in [1.54, 1.807) is 24.5 Å². The number of hydrogen-bond donors (Lipinski definition) is 1. The predicted octanol–water partition coefficient (Wildman–Crippen LogP) is 1.59. The first kappa shape index (κ1) is 23.2. The van der Waals surface area contributed by atoms with E-state index in [2.05, 4.69) is 20.1 Å². The quantitative estimate of drug-likeness (QED) is 0.496. The number of fused-ring (bicyclic) bond motifs is 3. The van der Waals surface area contributed by atoms with Gasteiger partial charge < -0.3 is 15.1 Å². The van der Waals surface area contributed by atoms with Gasteiger partial charge in [-0.15, -0.1) is 0 Å². The van der Waals surface area contributed by atoms with Crippen molar-refractivity contribution in [1.82, 2.24) is 20.1 Å². The van der Waals surface area contributed by atoms with Crippen LogP contribution in [0.2, 0.25) is 0 Å². The molecule has 3 aliphatic rings. The summed E-state index contributed by atoms with van der Waals surface area (Å²) in [5.74, 6) is -0.319. The van der Waals surface area contributed by atoms with Crippen LogP contribution in [0.25, 0.3) is 0 Å². The van der Waals surface area contributed by atoms with Gasteiger partial charge in [-0.2, -0.15) is 0 Å². The van der Waals surface area contributed by atoms with Crippen molar-refractivity contribution in [3.05, 3.63) is 64.0 Å². The summed E-state index contributed by atoms with van der Waals surface area (Å²) in [5.41, 5.74) is 2.71. The van der Waals surface area contributed by atoms with Gasteiger partial charge in [-0.25, -0.2) is 0 Å². The zero-order valence-electron chi connectivity index (χ0n) is 19.6. The Morgan fingerprint density at radius 3 is 2.71 bits per heavy atom. The van der Waals surface area contributed by atoms with E-state index in [0.717, 1.165) is 42.7 Å². The molecule has 0 bridgehead atoms. The molecule has 2 saturated heterocycles. The lowest BCUT2D eigenvalue weighted by Crippen LogP contribution is -2.62. The Hall–Kier alpha value is -3.53. The van der Waals surface area contributed by atoms with Gasteiger partial charge >= 0.3 is 0 Å². The SMILES string of the molecule is O=C(NCc1cccnc1)[C@H]1Cc2cc([N+](=O)[O-])ccc2N2CCN(CC(=O)N3CCCC3)C[C@H]12. The number of nitro groups is 1. The molecule has 1 aromatic heterocycles. The number of piperazine rings is 1. The Morgan fingerprint density at radius 1 is 1.14 bits per heavy atom. The minimum atomic E-state index is -0.397. The third kappa shape index (κ3) is 4.97. The first-order chi connectivity index (χ1) is 17.0. The maximum atomic E-state index is 13.4. The van der Waals surface area contributed by atoms with Crippen LogP contribution in [0, 0.1) is 16.0 Å². The van der Waals surface area contributed by atoms with Crippen molar-refractivity contribution >= 4 is 23.2 Å². The number of anilines is 1. The summed E-state index contributed by atoms with van der Waals surface area (Å²) >= 11 is 0. The molecule has 2 aromatic rings. The number of hydrogen-bond acceptors (Lipinski definition) is 7. The van der Waals surface area contributed by atoms with Crippen LogP contribution in [0.4, 0.5) is 11.4 Å². The van der Waals surface area contributed by atoms with Gasteiger partial charge in [0.25, 0.3) is 5.69 Å². The molecule has 35 heavy (non-hydrogen) atoms. The van der Waals surface area contributed by atoms with Crippen LogP contribution in [-0.4, -0.2) is 76.8 Å². The van der Waals surface area contributed by atoms with Gasteiger partial charge in [0.2, 0.25) is 11.8 Å². The predicted molar refractivity (Wildman–Crippen MR) is 130 cm³/mol. The second kappa shape index (κ2) is 9.99. The number of nitrogens with zero attached hydrogens (tertiary/aromatic N) is 5. The number of amides is 2. The lowest BCUT2D eigenvalue weighted by atomic mass is 9.83. The molecule has 0 spiro atoms. The fourth-order valence-corrected chi connectivity index (χ4v) is 5.51. The number of nitro benzene ring substituents is 1. The Labute approximate surface area is 204 Å². The van der Waals surface area contributed by atoms with E-state index in [1.807, 2.05) is 17.0 Å². The first-order valence-electron chi connectivity index (χ1n) is 12.2. The van der Waals surface area contributed by atoms with Gasteiger partial charge in [-0.1, -0.05) is 6.07 Å². The summed E-state index contributed by atoms with van der Waals surface area (Å²) in [6.07, 6.45) is 5.95. The Morgan fingerprint density at radius 2 is 1.97 bits per heavy atom. The lowest BCUT2D eigenvalue weighted by molar-refractivity contribution is -0.384. The third-order valence-corrected chi connectivity index (χ3v) is 7.33. The van der Waals surface area contributed by atoms with Crippen molar-refractivity contribution < 1.29 is 14.5 Å². The van der Waals surface area contributed by atoms with E-state index >= 15 is 0 Å². The van der Waals surface area contributed by atoms with Crippen LogP contribution in [0.5, 0.6) is 0 Å². The smallest absolute Gasteiger partial charge is 0.269 e. The van der Waals surface area contributed by atoms with Crippen molar-refractivity contribution in [2.24, 2.45) is 5.92 Å². The Bertz CT molecular complexity index is 1100. The summed E-state index contributed by atoms with van der Waals surface area (Å²) in [7, 11) is 0. The largest absolute Gasteiger partial charge is 0.365 e. The zero-order valence-corrected chi connectivity index (χ0v) is 19.6. The molecule has 2 atom stereocenters. The van der Waals surface area contributed by atoms with Gasteiger partial charge in [0, 0.05) is 69.5 Å². The van der Waals surface area contributed by atoms with Crippen LogP contribution < -0.4 is 10.2 Å². The van der Waals surface area contributed by atoms with Crippen molar-refractivity contribution in [3.8, 4) is 0 Å². The minimum absolute atomic E-state index is 0.0339. The lowest BCUT2D eigenvalue weighted by Gasteiger charge is -2.49. The second-order valence-corrected chi connectivity index (χ2v) is 9.54. The highest BCUT2D eigenvalue weighted by molar-refractivity contribution is 5.82. The van der Waals surface area contributed by atoms with Gasteiger partial charge in [-0.05, 0) is 42.5 Å². The molecule has 3 aliphatic heterocycles. The van der Waals surface area contributed by atoms with Crippen LogP contribution in [0.1, 0.15) is 24.0 Å². The zero-order chi connectivity index (χ0) is 24.4.